The van der Waals surface area contributed by atoms with Gasteiger partial charge in [-0.15, -0.1) is 0 Å². The first-order chi connectivity index (χ1) is 13.4. The summed E-state index contributed by atoms with van der Waals surface area (Å²) in [5, 5.41) is 0. The van der Waals surface area contributed by atoms with Gasteiger partial charge in [0.2, 0.25) is 0 Å². The van der Waals surface area contributed by atoms with Crippen LogP contribution in [0, 0.1) is 39.9 Å². The maximum absolute atomic E-state index is 13.3. The van der Waals surface area contributed by atoms with Crippen molar-refractivity contribution in [2.45, 2.75) is 125 Å². The molecule has 0 radical (unpaired) electrons. The van der Waals surface area contributed by atoms with Crippen molar-refractivity contribution in [2.24, 2.45) is 39.9 Å². The highest BCUT2D eigenvalue weighted by Gasteiger charge is 2.69. The van der Waals surface area contributed by atoms with E-state index < -0.39 is 0 Å². The van der Waals surface area contributed by atoms with E-state index in [2.05, 4.69) is 55.4 Å². The highest BCUT2D eigenvalue weighted by molar-refractivity contribution is 5.72. The summed E-state index contributed by atoms with van der Waals surface area (Å²) in [6.07, 6.45) is 12.1. The Bertz CT molecular complexity index is 600. The largest absolute Gasteiger partial charge is 0.459 e. The molecule has 2 nitrogen and oxygen atoms in total. The van der Waals surface area contributed by atoms with Gasteiger partial charge in [0, 0.05) is 5.92 Å². The number of rotatable bonds is 7. The van der Waals surface area contributed by atoms with E-state index >= 15 is 0 Å². The van der Waals surface area contributed by atoms with Crippen molar-refractivity contribution in [1.82, 2.24) is 0 Å². The second-order valence-corrected chi connectivity index (χ2v) is 13.0. The highest BCUT2D eigenvalue weighted by atomic mass is 16.6. The molecule has 6 unspecified atom stereocenters. The van der Waals surface area contributed by atoms with Crippen LogP contribution in [0.4, 0.5) is 0 Å². The lowest BCUT2D eigenvalue weighted by atomic mass is 9.62. The number of hydrogen-bond donors (Lipinski definition) is 0. The monoisotopic (exact) mass is 404 g/mol. The topological polar surface area (TPSA) is 26.3 Å². The Morgan fingerprint density at radius 1 is 1.10 bits per heavy atom. The maximum Gasteiger partial charge on any atom is 0.309 e. The van der Waals surface area contributed by atoms with Crippen LogP contribution < -0.4 is 0 Å². The van der Waals surface area contributed by atoms with Gasteiger partial charge < -0.3 is 4.74 Å². The van der Waals surface area contributed by atoms with E-state index in [4.69, 9.17) is 4.74 Å². The normalized spacial score (nSPS) is 39.2. The number of ether oxygens (including phenoxy) is 1. The van der Waals surface area contributed by atoms with Crippen molar-refractivity contribution in [3.8, 4) is 0 Å². The summed E-state index contributed by atoms with van der Waals surface area (Å²) in [5.41, 5.74) is 0.730. The first-order valence-corrected chi connectivity index (χ1v) is 12.6. The minimum Gasteiger partial charge on any atom is -0.459 e. The Balaban J connectivity index is 1.87. The highest BCUT2D eigenvalue weighted by Crippen LogP contribution is 2.74. The van der Waals surface area contributed by atoms with E-state index in [-0.39, 0.29) is 28.3 Å². The van der Waals surface area contributed by atoms with Crippen molar-refractivity contribution < 1.29 is 9.53 Å². The number of esters is 1. The molecule has 3 aliphatic carbocycles. The molecular weight excluding hydrogens is 356 g/mol. The summed E-state index contributed by atoms with van der Waals surface area (Å²) >= 11 is 0. The second-order valence-electron chi connectivity index (χ2n) is 13.0. The molecule has 0 aromatic carbocycles. The van der Waals surface area contributed by atoms with Gasteiger partial charge in [-0.3, -0.25) is 4.79 Å². The first-order valence-electron chi connectivity index (χ1n) is 12.6. The Morgan fingerprint density at radius 3 is 2.41 bits per heavy atom. The van der Waals surface area contributed by atoms with E-state index in [9.17, 15) is 4.79 Å². The molecule has 6 atom stereocenters. The van der Waals surface area contributed by atoms with E-state index in [1.165, 1.54) is 44.9 Å². The van der Waals surface area contributed by atoms with Crippen LogP contribution in [-0.2, 0) is 9.53 Å². The zero-order chi connectivity index (χ0) is 21.7. The van der Waals surface area contributed by atoms with Gasteiger partial charge in [0.15, 0.2) is 0 Å². The number of hydrogen-bond acceptors (Lipinski definition) is 2. The molecule has 0 heterocycles. The van der Waals surface area contributed by atoms with Crippen LogP contribution in [0.1, 0.15) is 120 Å². The summed E-state index contributed by atoms with van der Waals surface area (Å²) < 4.78 is 6.66. The standard InChI is InChI=1S/C27H48O2/c1-9-10-11-14-27(29-23(28)19(2)17-24(4,5)6)16-15-26-18-22(27)25(7,8)21(26)13-12-20(26)3/h19-22H,9-18H2,1-8H3. The van der Waals surface area contributed by atoms with Gasteiger partial charge in [-0.05, 0) is 79.4 Å². The van der Waals surface area contributed by atoms with Crippen LogP contribution in [0.25, 0.3) is 0 Å². The zero-order valence-corrected chi connectivity index (χ0v) is 20.7. The third-order valence-corrected chi connectivity index (χ3v) is 9.42. The van der Waals surface area contributed by atoms with Crippen LogP contribution in [0.15, 0.2) is 0 Å². The fraction of sp³-hybridized carbons (Fsp3) is 0.963. The molecule has 2 bridgehead atoms. The van der Waals surface area contributed by atoms with Gasteiger partial charge in [-0.2, -0.15) is 0 Å². The third kappa shape index (κ3) is 4.03. The molecule has 3 fully saturated rings. The number of carbonyl (C=O) groups is 1. The second kappa shape index (κ2) is 7.86. The molecular formula is C27H48O2. The molecule has 0 amide bonds. The molecule has 3 saturated carbocycles. The number of unbranched alkanes of at least 4 members (excludes halogenated alkanes) is 2. The molecule has 0 aliphatic heterocycles. The average Bonchev–Trinajstić information content (AvgIpc) is 3.02. The lowest BCUT2D eigenvalue weighted by Gasteiger charge is -2.49. The van der Waals surface area contributed by atoms with Gasteiger partial charge in [-0.25, -0.2) is 0 Å². The molecule has 3 rings (SSSR count). The summed E-state index contributed by atoms with van der Waals surface area (Å²) in [6.45, 7) is 18.5. The molecule has 0 aromatic heterocycles. The quantitative estimate of drug-likeness (QED) is 0.319. The molecule has 1 spiro atoms. The summed E-state index contributed by atoms with van der Waals surface area (Å²) in [6, 6.07) is 0. The molecule has 0 saturated heterocycles. The van der Waals surface area contributed by atoms with E-state index in [0.717, 1.165) is 31.1 Å². The van der Waals surface area contributed by atoms with Crippen LogP contribution >= 0.6 is 0 Å². The number of carbonyl (C=O) groups excluding carboxylic acids is 1. The summed E-state index contributed by atoms with van der Waals surface area (Å²) in [7, 11) is 0. The SMILES string of the molecule is CCCCCC1(OC(=O)C(C)CC(C)(C)C)CCC23CC1C(C)(C)C2CCC3C. The lowest BCUT2D eigenvalue weighted by Crippen LogP contribution is -2.50. The van der Waals surface area contributed by atoms with Gasteiger partial charge in [0.05, 0.1) is 5.92 Å². The van der Waals surface area contributed by atoms with Crippen molar-refractivity contribution >= 4 is 5.97 Å². The fourth-order valence-electron chi connectivity index (χ4n) is 8.13. The van der Waals surface area contributed by atoms with E-state index in [1.807, 2.05) is 0 Å². The smallest absolute Gasteiger partial charge is 0.309 e. The van der Waals surface area contributed by atoms with E-state index in [0.29, 0.717) is 11.3 Å². The van der Waals surface area contributed by atoms with Crippen molar-refractivity contribution in [3.05, 3.63) is 0 Å². The Kier molecular flexibility index (Phi) is 6.28. The summed E-state index contributed by atoms with van der Waals surface area (Å²) in [5.74, 6) is 2.22. The van der Waals surface area contributed by atoms with E-state index in [1.54, 1.807) is 0 Å². The average molecular weight is 405 g/mol. The van der Waals surface area contributed by atoms with Gasteiger partial charge in [-0.1, -0.05) is 68.2 Å². The number of fused-ring (bicyclic) bond motifs is 1. The molecule has 29 heavy (non-hydrogen) atoms. The van der Waals surface area contributed by atoms with Gasteiger partial charge >= 0.3 is 5.97 Å². The zero-order valence-electron chi connectivity index (χ0n) is 20.7. The van der Waals surface area contributed by atoms with Crippen LogP contribution in [0.5, 0.6) is 0 Å². The molecule has 0 N–H and O–H groups in total. The molecule has 3 aliphatic rings. The molecule has 0 aromatic rings. The predicted molar refractivity (Wildman–Crippen MR) is 122 cm³/mol. The predicted octanol–water partition coefficient (Wildman–Crippen LogP) is 7.79. The van der Waals surface area contributed by atoms with Crippen molar-refractivity contribution in [1.29, 1.82) is 0 Å². The minimum absolute atomic E-state index is 0.0168. The Labute approximate surface area is 180 Å². The third-order valence-electron chi connectivity index (χ3n) is 9.42. The fourth-order valence-corrected chi connectivity index (χ4v) is 8.13. The van der Waals surface area contributed by atoms with Crippen molar-refractivity contribution in [2.75, 3.05) is 0 Å². The van der Waals surface area contributed by atoms with Crippen molar-refractivity contribution in [3.63, 3.8) is 0 Å². The first kappa shape index (κ1) is 23.1. The Hall–Kier alpha value is -0.530. The molecule has 168 valence electrons. The minimum atomic E-state index is -0.225. The lowest BCUT2D eigenvalue weighted by molar-refractivity contribution is -0.184. The Morgan fingerprint density at radius 2 is 1.79 bits per heavy atom. The maximum atomic E-state index is 13.3. The van der Waals surface area contributed by atoms with Gasteiger partial charge in [0.1, 0.15) is 5.60 Å². The molecule has 2 heteroatoms. The van der Waals surface area contributed by atoms with Crippen LogP contribution in [-0.4, -0.2) is 11.6 Å². The van der Waals surface area contributed by atoms with Gasteiger partial charge in [0.25, 0.3) is 0 Å². The summed E-state index contributed by atoms with van der Waals surface area (Å²) in [4.78, 5) is 13.3. The van der Waals surface area contributed by atoms with Crippen LogP contribution in [0.2, 0.25) is 0 Å². The van der Waals surface area contributed by atoms with Crippen LogP contribution in [0.3, 0.4) is 0 Å².